The molecule has 3 aliphatic carbocycles. The Morgan fingerprint density at radius 1 is 0.438 bits per heavy atom. The molecule has 32 heteroatoms. The first-order valence-electron chi connectivity index (χ1n) is 28.1. The first kappa shape index (κ1) is 63.7. The Labute approximate surface area is 497 Å². The van der Waals surface area contributed by atoms with Crippen molar-refractivity contribution in [1.29, 1.82) is 0 Å². The normalized spacial score (nSPS) is 26.0. The number of alkyl halides is 1. The molecule has 1 unspecified atom stereocenters. The second kappa shape index (κ2) is 27.6. The van der Waals surface area contributed by atoms with Gasteiger partial charge in [-0.3, -0.25) is 14.7 Å². The SMILES string of the molecule is O=C1O[C@@H](COc2ccon2)CN1c1cc(F)c(C2CCC(O)CC2)c(F)c1F.O=C1O[C@@H](COc2ccon2)CN1c1cc(F)c([C@H]2CC[C@@H](O)C(F)C2)c(F)c1F.O=C1O[C@@H](COc2ccon2)CN1c1cc(F)c([C@H]2CC[C@@H](O)[C@@H](O)C2)c(F)c1F. The number of nitrogens with zero attached hydrogens (tertiary/aromatic N) is 6. The quantitative estimate of drug-likeness (QED) is 0.0423. The highest BCUT2D eigenvalue weighted by Gasteiger charge is 2.42. The molecule has 6 fully saturated rings. The third-order valence-corrected chi connectivity index (χ3v) is 16.0. The van der Waals surface area contributed by atoms with Gasteiger partial charge in [-0.1, -0.05) is 0 Å². The molecule has 3 saturated carbocycles. The van der Waals surface area contributed by atoms with Gasteiger partial charge in [0, 0.05) is 53.1 Å². The lowest BCUT2D eigenvalue weighted by Gasteiger charge is -2.31. The largest absolute Gasteiger partial charge is 0.471 e. The number of rotatable bonds is 15. The average molecular weight is 1270 g/mol. The molecule has 6 heterocycles. The summed E-state index contributed by atoms with van der Waals surface area (Å²) in [5.74, 6) is -13.1. The van der Waals surface area contributed by atoms with Crippen molar-refractivity contribution in [2.75, 3.05) is 54.2 Å². The maximum absolute atomic E-state index is 14.8. The number of carbonyl (C=O) groups excluding carboxylic acids is 3. The smallest absolute Gasteiger partial charge is 0.414 e. The van der Waals surface area contributed by atoms with Crippen LogP contribution in [-0.4, -0.2) is 143 Å². The van der Waals surface area contributed by atoms with Crippen molar-refractivity contribution in [1.82, 2.24) is 15.5 Å². The van der Waals surface area contributed by atoms with Gasteiger partial charge in [-0.15, -0.1) is 0 Å². The molecule has 3 aliphatic heterocycles. The van der Waals surface area contributed by atoms with E-state index < -0.39 is 165 Å². The van der Waals surface area contributed by atoms with Gasteiger partial charge >= 0.3 is 18.3 Å². The number of hydrogen-bond acceptors (Lipinski definition) is 19. The summed E-state index contributed by atoms with van der Waals surface area (Å²) >= 11 is 0. The summed E-state index contributed by atoms with van der Waals surface area (Å²) in [4.78, 5) is 38.8. The van der Waals surface area contributed by atoms with Crippen molar-refractivity contribution in [2.24, 2.45) is 0 Å². The molecule has 6 aromatic rings. The van der Waals surface area contributed by atoms with Crippen LogP contribution in [0.4, 0.5) is 75.3 Å². The van der Waals surface area contributed by atoms with Crippen molar-refractivity contribution in [3.63, 3.8) is 0 Å². The van der Waals surface area contributed by atoms with Crippen LogP contribution in [0.5, 0.6) is 17.6 Å². The van der Waals surface area contributed by atoms with Crippen molar-refractivity contribution in [3.05, 3.63) is 124 Å². The number of halogens is 10. The third-order valence-electron chi connectivity index (χ3n) is 16.0. The number of aliphatic hydroxyl groups excluding tert-OH is 4. The lowest BCUT2D eigenvalue weighted by molar-refractivity contribution is -0.0156. The zero-order valence-corrected chi connectivity index (χ0v) is 46.5. The molecule has 3 aromatic heterocycles. The fourth-order valence-electron chi connectivity index (χ4n) is 11.4. The highest BCUT2D eigenvalue weighted by Crippen LogP contribution is 2.43. The molecule has 89 heavy (non-hydrogen) atoms. The molecule has 480 valence electrons. The summed E-state index contributed by atoms with van der Waals surface area (Å²) in [5, 5.41) is 49.0. The van der Waals surface area contributed by atoms with Crippen molar-refractivity contribution >= 4 is 35.3 Å². The average Bonchev–Trinajstić information content (AvgIpc) is 1.91. The zero-order chi connectivity index (χ0) is 63.4. The third kappa shape index (κ3) is 14.2. The minimum atomic E-state index is -1.65. The molecule has 0 radical (unpaired) electrons. The molecule has 0 bridgehead atoms. The first-order chi connectivity index (χ1) is 42.6. The second-order valence-electron chi connectivity index (χ2n) is 21.8. The van der Waals surface area contributed by atoms with Crippen LogP contribution in [0.1, 0.15) is 98.7 Å². The summed E-state index contributed by atoms with van der Waals surface area (Å²) in [6, 6.07) is 6.60. The summed E-state index contributed by atoms with van der Waals surface area (Å²) in [6.07, 6.45) is -5.33. The molecule has 0 spiro atoms. The van der Waals surface area contributed by atoms with Gasteiger partial charge in [-0.25, -0.2) is 58.3 Å². The predicted molar refractivity (Wildman–Crippen MR) is 281 cm³/mol. The Hall–Kier alpha value is -8.36. The molecule has 22 nitrogen and oxygen atoms in total. The molecule has 12 rings (SSSR count). The van der Waals surface area contributed by atoms with Crippen LogP contribution in [0.3, 0.4) is 0 Å². The summed E-state index contributed by atoms with van der Waals surface area (Å²) in [6.45, 7) is -0.830. The number of carbonyl (C=O) groups is 3. The molecule has 9 atom stereocenters. The van der Waals surface area contributed by atoms with E-state index in [0.717, 1.165) is 26.8 Å². The second-order valence-corrected chi connectivity index (χ2v) is 21.8. The van der Waals surface area contributed by atoms with Crippen LogP contribution in [0, 0.1) is 52.4 Å². The lowest BCUT2D eigenvalue weighted by Crippen LogP contribution is -2.33. The number of hydrogen-bond donors (Lipinski definition) is 4. The van der Waals surface area contributed by atoms with Gasteiger partial charge in [-0.2, -0.15) is 0 Å². The van der Waals surface area contributed by atoms with Crippen molar-refractivity contribution < 1.29 is 121 Å². The van der Waals surface area contributed by atoms with E-state index in [1.807, 2.05) is 0 Å². The van der Waals surface area contributed by atoms with E-state index in [9.17, 15) is 78.7 Å². The fourth-order valence-corrected chi connectivity index (χ4v) is 11.4. The predicted octanol–water partition coefficient (Wildman–Crippen LogP) is 9.46. The lowest BCUT2D eigenvalue weighted by atomic mass is 9.80. The number of amides is 3. The van der Waals surface area contributed by atoms with Gasteiger partial charge in [0.25, 0.3) is 17.6 Å². The van der Waals surface area contributed by atoms with Gasteiger partial charge in [0.1, 0.15) is 62.2 Å². The standard InChI is InChI=1S/C19H18F4N2O5.C19H19F3N2O6.C19H19F3N2O5/c20-11-5-9(1-2-14(11)26)16-12(21)6-13(17(22)18(16)23)25-7-10(30-19(25)27)8-28-15-3-4-29-24-15;20-11-6-12(17(21)18(22)16(11)9-1-2-13(25)14(26)5-9)24-7-10(30-19(24)27)8-28-15-3-4-29-23-15;20-13-7-14(17(21)18(22)16(13)10-1-3-11(25)4-2-10)24-8-12(29-19(24)26)9-27-15-5-6-28-23-15/h3-4,6,9-11,14,26H,1-2,5,7-8H2;3-4,6,9-10,13-14,25-26H,1-2,5,7-8H2;5-7,10-12,25H,1-4,8-9H2/t9-,10+,11?,14+;9-,10+,13+,14-;10?,11?,12-/m001/s1. The van der Waals surface area contributed by atoms with Crippen LogP contribution in [0.2, 0.25) is 0 Å². The van der Waals surface area contributed by atoms with Crippen molar-refractivity contribution in [3.8, 4) is 17.6 Å². The summed E-state index contributed by atoms with van der Waals surface area (Å²) in [7, 11) is 0. The number of aliphatic hydroxyl groups is 4. The first-order valence-corrected chi connectivity index (χ1v) is 28.1. The van der Waals surface area contributed by atoms with E-state index in [4.69, 9.17) is 28.4 Å². The minimum Gasteiger partial charge on any atom is -0.471 e. The van der Waals surface area contributed by atoms with Crippen LogP contribution in [-0.2, 0) is 14.2 Å². The van der Waals surface area contributed by atoms with Crippen LogP contribution in [0.25, 0.3) is 0 Å². The number of aromatic nitrogens is 3. The number of ether oxygens (including phenoxy) is 6. The van der Waals surface area contributed by atoms with E-state index in [0.29, 0.717) is 31.7 Å². The molecule has 6 aliphatic rings. The number of anilines is 3. The van der Waals surface area contributed by atoms with Crippen LogP contribution < -0.4 is 28.9 Å². The van der Waals surface area contributed by atoms with E-state index in [-0.39, 0.29) is 101 Å². The fraction of sp³-hybridized carbons (Fsp3) is 0.474. The summed E-state index contributed by atoms with van der Waals surface area (Å²) in [5.41, 5.74) is -3.13. The molecule has 3 saturated heterocycles. The van der Waals surface area contributed by atoms with E-state index in [1.54, 1.807) is 0 Å². The Morgan fingerprint density at radius 2 is 0.775 bits per heavy atom. The Balaban J connectivity index is 0.000000147. The Morgan fingerprint density at radius 3 is 1.11 bits per heavy atom. The van der Waals surface area contributed by atoms with Crippen LogP contribution in [0.15, 0.2) is 68.8 Å². The molecular weight excluding hydrogens is 1210 g/mol. The monoisotopic (exact) mass is 1270 g/mol. The van der Waals surface area contributed by atoms with Gasteiger partial charge in [0.2, 0.25) is 0 Å². The minimum absolute atomic E-state index is 0.0136. The van der Waals surface area contributed by atoms with E-state index in [1.165, 1.54) is 37.0 Å². The number of cyclic esters (lactones) is 3. The molecule has 3 aromatic carbocycles. The zero-order valence-electron chi connectivity index (χ0n) is 46.5. The Kier molecular flexibility index (Phi) is 19.7. The molecule has 3 amide bonds. The van der Waals surface area contributed by atoms with E-state index >= 15 is 0 Å². The molecular formula is C57H56F10N6O16. The van der Waals surface area contributed by atoms with Gasteiger partial charge in [-0.05, 0) is 97.4 Å². The number of benzene rings is 3. The topological polar surface area (TPSA) is 275 Å². The van der Waals surface area contributed by atoms with Crippen LogP contribution >= 0.6 is 0 Å². The van der Waals surface area contributed by atoms with Gasteiger partial charge in [0.15, 0.2) is 53.2 Å². The highest BCUT2D eigenvalue weighted by molar-refractivity contribution is 5.91. The summed E-state index contributed by atoms with van der Waals surface area (Å²) < 4.78 is 191. The Bertz CT molecular complexity index is 3290. The van der Waals surface area contributed by atoms with Gasteiger partial charge < -0.3 is 62.4 Å². The highest BCUT2D eigenvalue weighted by atomic mass is 19.2. The maximum Gasteiger partial charge on any atom is 0.414 e. The van der Waals surface area contributed by atoms with Gasteiger partial charge in [0.05, 0.1) is 61.1 Å². The maximum atomic E-state index is 14.8. The van der Waals surface area contributed by atoms with Crippen molar-refractivity contribution in [2.45, 2.75) is 131 Å². The molecule has 4 N–H and O–H groups in total. The van der Waals surface area contributed by atoms with E-state index in [2.05, 4.69) is 29.0 Å².